The van der Waals surface area contributed by atoms with Crippen LogP contribution in [0, 0.1) is 10.6 Å². The Morgan fingerprint density at radius 2 is 2.40 bits per heavy atom. The van der Waals surface area contributed by atoms with Gasteiger partial charge in [-0.15, -0.1) is 0 Å². The molecule has 0 saturated carbocycles. The molecule has 0 aliphatic rings. The van der Waals surface area contributed by atoms with Gasteiger partial charge in [0.05, 0.1) is 0 Å². The summed E-state index contributed by atoms with van der Waals surface area (Å²) in [5.41, 5.74) is 1.68. The molecule has 52 valence electrons. The van der Waals surface area contributed by atoms with Crippen LogP contribution < -0.4 is 0 Å². The number of aromatic nitrogens is 1. The van der Waals surface area contributed by atoms with Crippen molar-refractivity contribution in [2.24, 2.45) is 0 Å². The van der Waals surface area contributed by atoms with Crippen LogP contribution in [0.5, 0.6) is 0 Å². The average molecular weight is 247 g/mol. The number of halogens is 1. The van der Waals surface area contributed by atoms with E-state index in [1.807, 2.05) is 13.0 Å². The molecule has 0 N–H and O–H groups in total. The van der Waals surface area contributed by atoms with Crippen LogP contribution in [0.25, 0.3) is 0 Å². The van der Waals surface area contributed by atoms with Gasteiger partial charge in [-0.2, -0.15) is 0 Å². The van der Waals surface area contributed by atoms with Crippen molar-refractivity contribution in [3.63, 3.8) is 0 Å². The molecule has 1 heterocycles. The van der Waals surface area contributed by atoms with E-state index in [1.165, 1.54) is 0 Å². The zero-order chi connectivity index (χ0) is 7.56. The standard InChI is InChI=1S/C7H6INO/c1-5-2-6(4-10)3-9-7(5)8/h2-4H,1H3. The number of hydrogen-bond donors (Lipinski definition) is 0. The summed E-state index contributed by atoms with van der Waals surface area (Å²) in [6.45, 7) is 1.93. The summed E-state index contributed by atoms with van der Waals surface area (Å²) in [6, 6.07) is 1.82. The average Bonchev–Trinajstić information content (AvgIpc) is 1.95. The maximum Gasteiger partial charge on any atom is 0.151 e. The Balaban J connectivity index is 3.16. The number of hydrogen-bond acceptors (Lipinski definition) is 2. The molecule has 10 heavy (non-hydrogen) atoms. The van der Waals surface area contributed by atoms with Gasteiger partial charge in [0.25, 0.3) is 0 Å². The normalized spacial score (nSPS) is 9.40. The Morgan fingerprint density at radius 3 is 2.90 bits per heavy atom. The molecule has 3 heteroatoms. The van der Waals surface area contributed by atoms with Crippen molar-refractivity contribution in [1.82, 2.24) is 4.98 Å². The van der Waals surface area contributed by atoms with E-state index < -0.39 is 0 Å². The summed E-state index contributed by atoms with van der Waals surface area (Å²) < 4.78 is 0.947. The summed E-state index contributed by atoms with van der Waals surface area (Å²) in [5, 5.41) is 0. The first kappa shape index (κ1) is 7.65. The molecule has 0 aliphatic heterocycles. The quantitative estimate of drug-likeness (QED) is 0.430. The van der Waals surface area contributed by atoms with E-state index >= 15 is 0 Å². The SMILES string of the molecule is Cc1cc(C=O)cnc1I. The monoisotopic (exact) mass is 247 g/mol. The Bertz CT molecular complexity index is 260. The number of aldehydes is 1. The molecule has 1 rings (SSSR count). The lowest BCUT2D eigenvalue weighted by molar-refractivity contribution is 0.112. The summed E-state index contributed by atoms with van der Waals surface area (Å²) >= 11 is 2.13. The lowest BCUT2D eigenvalue weighted by Gasteiger charge is -1.95. The van der Waals surface area contributed by atoms with Gasteiger partial charge >= 0.3 is 0 Å². The molecule has 1 aromatic heterocycles. The fourth-order valence-electron chi connectivity index (χ4n) is 0.644. The molecule has 0 spiro atoms. The highest BCUT2D eigenvalue weighted by Crippen LogP contribution is 2.07. The van der Waals surface area contributed by atoms with E-state index in [9.17, 15) is 4.79 Å². The van der Waals surface area contributed by atoms with Gasteiger partial charge in [0, 0.05) is 11.8 Å². The third kappa shape index (κ3) is 1.53. The van der Waals surface area contributed by atoms with Crippen LogP contribution in [0.2, 0.25) is 0 Å². The first-order chi connectivity index (χ1) is 4.74. The maximum atomic E-state index is 10.2. The topological polar surface area (TPSA) is 30.0 Å². The van der Waals surface area contributed by atoms with Gasteiger partial charge in [0.2, 0.25) is 0 Å². The van der Waals surface area contributed by atoms with E-state index in [1.54, 1.807) is 6.20 Å². The van der Waals surface area contributed by atoms with Gasteiger partial charge in [-0.1, -0.05) is 0 Å². The fraction of sp³-hybridized carbons (Fsp3) is 0.143. The van der Waals surface area contributed by atoms with Crippen LogP contribution >= 0.6 is 22.6 Å². The third-order valence-corrected chi connectivity index (χ3v) is 2.30. The Kier molecular flexibility index (Phi) is 2.37. The number of nitrogens with zero attached hydrogens (tertiary/aromatic N) is 1. The van der Waals surface area contributed by atoms with Crippen LogP contribution in [0.1, 0.15) is 15.9 Å². The fourth-order valence-corrected chi connectivity index (χ4v) is 0.939. The van der Waals surface area contributed by atoms with Gasteiger partial charge in [-0.3, -0.25) is 4.79 Å². The predicted octanol–water partition coefficient (Wildman–Crippen LogP) is 1.81. The lowest BCUT2D eigenvalue weighted by atomic mass is 10.2. The number of pyridine rings is 1. The van der Waals surface area contributed by atoms with E-state index in [0.717, 1.165) is 15.6 Å². The van der Waals surface area contributed by atoms with Crippen molar-refractivity contribution >= 4 is 28.9 Å². The second-order valence-electron chi connectivity index (χ2n) is 1.99. The molecule has 0 unspecified atom stereocenters. The number of carbonyl (C=O) groups is 1. The van der Waals surface area contributed by atoms with Crippen LogP contribution in [0.3, 0.4) is 0 Å². The summed E-state index contributed by atoms with van der Waals surface area (Å²) in [6.07, 6.45) is 2.37. The number of carbonyl (C=O) groups excluding carboxylic acids is 1. The van der Waals surface area contributed by atoms with Crippen LogP contribution in [0.15, 0.2) is 12.3 Å². The second kappa shape index (κ2) is 3.09. The van der Waals surface area contributed by atoms with Crippen LogP contribution in [-0.4, -0.2) is 11.3 Å². The van der Waals surface area contributed by atoms with Crippen LogP contribution in [-0.2, 0) is 0 Å². The molecule has 0 aliphatic carbocycles. The Hall–Kier alpha value is -0.450. The molecule has 1 aromatic rings. The van der Waals surface area contributed by atoms with Gasteiger partial charge < -0.3 is 0 Å². The molecule has 0 bridgehead atoms. The largest absolute Gasteiger partial charge is 0.298 e. The van der Waals surface area contributed by atoms with Crippen molar-refractivity contribution in [3.8, 4) is 0 Å². The highest BCUT2D eigenvalue weighted by atomic mass is 127. The molecule has 0 aromatic carbocycles. The van der Waals surface area contributed by atoms with Crippen LogP contribution in [0.4, 0.5) is 0 Å². The number of rotatable bonds is 1. The first-order valence-electron chi connectivity index (χ1n) is 2.81. The summed E-state index contributed by atoms with van der Waals surface area (Å²) in [5.74, 6) is 0. The van der Waals surface area contributed by atoms with Gasteiger partial charge in [0.15, 0.2) is 6.29 Å². The predicted molar refractivity (Wildman–Crippen MR) is 47.1 cm³/mol. The minimum Gasteiger partial charge on any atom is -0.298 e. The summed E-state index contributed by atoms with van der Waals surface area (Å²) in [4.78, 5) is 14.2. The van der Waals surface area contributed by atoms with E-state index in [0.29, 0.717) is 5.56 Å². The molecular formula is C7H6INO. The molecule has 0 radical (unpaired) electrons. The zero-order valence-electron chi connectivity index (χ0n) is 5.47. The lowest BCUT2D eigenvalue weighted by Crippen LogP contribution is -1.88. The van der Waals surface area contributed by atoms with E-state index in [2.05, 4.69) is 27.6 Å². The molecule has 0 amide bonds. The van der Waals surface area contributed by atoms with Gasteiger partial charge in [-0.25, -0.2) is 4.98 Å². The minimum atomic E-state index is 0.637. The van der Waals surface area contributed by atoms with Crippen molar-refractivity contribution in [3.05, 3.63) is 27.1 Å². The minimum absolute atomic E-state index is 0.637. The summed E-state index contributed by atoms with van der Waals surface area (Å²) in [7, 11) is 0. The maximum absolute atomic E-state index is 10.2. The van der Waals surface area contributed by atoms with E-state index in [-0.39, 0.29) is 0 Å². The third-order valence-electron chi connectivity index (χ3n) is 1.17. The first-order valence-corrected chi connectivity index (χ1v) is 3.89. The molecule has 0 atom stereocenters. The van der Waals surface area contributed by atoms with Crippen molar-refractivity contribution in [2.45, 2.75) is 6.92 Å². The number of aryl methyl sites for hydroxylation is 1. The van der Waals surface area contributed by atoms with Crippen molar-refractivity contribution < 1.29 is 4.79 Å². The van der Waals surface area contributed by atoms with Crippen molar-refractivity contribution in [1.29, 1.82) is 0 Å². The highest BCUT2D eigenvalue weighted by Gasteiger charge is 1.95. The van der Waals surface area contributed by atoms with Gasteiger partial charge in [0.1, 0.15) is 3.70 Å². The Labute approximate surface area is 72.8 Å². The van der Waals surface area contributed by atoms with Crippen molar-refractivity contribution in [2.75, 3.05) is 0 Å². The smallest absolute Gasteiger partial charge is 0.151 e. The molecular weight excluding hydrogens is 241 g/mol. The highest BCUT2D eigenvalue weighted by molar-refractivity contribution is 14.1. The molecule has 0 saturated heterocycles. The Morgan fingerprint density at radius 1 is 1.70 bits per heavy atom. The molecule has 2 nitrogen and oxygen atoms in total. The van der Waals surface area contributed by atoms with Gasteiger partial charge in [-0.05, 0) is 41.1 Å². The zero-order valence-corrected chi connectivity index (χ0v) is 7.62. The second-order valence-corrected chi connectivity index (χ2v) is 3.02. The molecule has 0 fully saturated rings. The van der Waals surface area contributed by atoms with E-state index in [4.69, 9.17) is 0 Å².